The summed E-state index contributed by atoms with van der Waals surface area (Å²) in [6, 6.07) is -0.952. The Labute approximate surface area is 120 Å². The van der Waals surface area contributed by atoms with Gasteiger partial charge in [0.2, 0.25) is 5.91 Å². The Morgan fingerprint density at radius 3 is 2.71 bits per heavy atom. The standard InChI is InChI=1S/C12H18F3N5O/c1-7(10-19-17-6-20(10)2)18-11(21)9-4-3-8(5-16-9)12(13,14)15/h6-9,16H,3-5H2,1-2H3,(H,18,21). The Balaban J connectivity index is 1.87. The molecule has 1 aliphatic heterocycles. The van der Waals surface area contributed by atoms with E-state index in [1.165, 1.54) is 6.33 Å². The average Bonchev–Trinajstić information content (AvgIpc) is 2.84. The third-order valence-corrected chi connectivity index (χ3v) is 3.69. The number of rotatable bonds is 3. The minimum atomic E-state index is -4.21. The van der Waals surface area contributed by atoms with Crippen LogP contribution in [0.1, 0.15) is 31.6 Å². The number of halogens is 3. The van der Waals surface area contributed by atoms with Crippen molar-refractivity contribution in [2.75, 3.05) is 6.54 Å². The van der Waals surface area contributed by atoms with Crippen molar-refractivity contribution in [2.45, 2.75) is 38.0 Å². The highest BCUT2D eigenvalue weighted by atomic mass is 19.4. The maximum Gasteiger partial charge on any atom is 0.393 e. The third kappa shape index (κ3) is 3.72. The molecule has 0 aromatic carbocycles. The molecular weight excluding hydrogens is 287 g/mol. The predicted molar refractivity (Wildman–Crippen MR) is 68.1 cm³/mol. The number of hydrogen-bond acceptors (Lipinski definition) is 4. The SMILES string of the molecule is CC(NC(=O)C1CCC(C(F)(F)F)CN1)c1nncn1C. The molecule has 2 heterocycles. The van der Waals surface area contributed by atoms with Gasteiger partial charge in [-0.3, -0.25) is 4.79 Å². The van der Waals surface area contributed by atoms with Crippen LogP contribution in [0.2, 0.25) is 0 Å². The molecule has 118 valence electrons. The van der Waals surface area contributed by atoms with Gasteiger partial charge >= 0.3 is 6.18 Å². The van der Waals surface area contributed by atoms with Gasteiger partial charge < -0.3 is 15.2 Å². The van der Waals surface area contributed by atoms with E-state index in [2.05, 4.69) is 20.8 Å². The number of carbonyl (C=O) groups excluding carboxylic acids is 1. The fourth-order valence-corrected chi connectivity index (χ4v) is 2.42. The largest absolute Gasteiger partial charge is 0.393 e. The van der Waals surface area contributed by atoms with Gasteiger partial charge in [-0.05, 0) is 19.8 Å². The van der Waals surface area contributed by atoms with E-state index in [0.717, 1.165) is 0 Å². The van der Waals surface area contributed by atoms with E-state index in [1.54, 1.807) is 18.5 Å². The molecule has 0 aliphatic carbocycles. The number of hydrogen-bond donors (Lipinski definition) is 2. The molecular formula is C12H18F3N5O. The van der Waals surface area contributed by atoms with E-state index in [4.69, 9.17) is 0 Å². The topological polar surface area (TPSA) is 71.8 Å². The van der Waals surface area contributed by atoms with Crippen LogP contribution in [0.3, 0.4) is 0 Å². The Morgan fingerprint density at radius 2 is 2.24 bits per heavy atom. The van der Waals surface area contributed by atoms with Gasteiger partial charge in [0.05, 0.1) is 18.0 Å². The molecule has 0 bridgehead atoms. The highest BCUT2D eigenvalue weighted by Gasteiger charge is 2.42. The minimum Gasteiger partial charge on any atom is -0.345 e. The second-order valence-corrected chi connectivity index (χ2v) is 5.31. The summed E-state index contributed by atoms with van der Waals surface area (Å²) in [5.74, 6) is -1.10. The van der Waals surface area contributed by atoms with Gasteiger partial charge in [-0.1, -0.05) is 0 Å². The second-order valence-electron chi connectivity index (χ2n) is 5.31. The lowest BCUT2D eigenvalue weighted by atomic mass is 9.94. The van der Waals surface area contributed by atoms with E-state index < -0.39 is 18.1 Å². The lowest BCUT2D eigenvalue weighted by Crippen LogP contribution is -2.51. The van der Waals surface area contributed by atoms with Gasteiger partial charge in [0.25, 0.3) is 0 Å². The summed E-state index contributed by atoms with van der Waals surface area (Å²) in [5.41, 5.74) is 0. The molecule has 21 heavy (non-hydrogen) atoms. The maximum atomic E-state index is 12.6. The van der Waals surface area contributed by atoms with Crippen molar-refractivity contribution in [1.82, 2.24) is 25.4 Å². The number of alkyl halides is 3. The van der Waals surface area contributed by atoms with Gasteiger partial charge in [0.15, 0.2) is 5.82 Å². The quantitative estimate of drug-likeness (QED) is 0.871. The molecule has 1 aromatic rings. The summed E-state index contributed by atoms with van der Waals surface area (Å²) < 4.78 is 39.3. The monoisotopic (exact) mass is 305 g/mol. The number of carbonyl (C=O) groups is 1. The molecule has 0 radical (unpaired) electrons. The van der Waals surface area contributed by atoms with Crippen LogP contribution in [0.25, 0.3) is 0 Å². The van der Waals surface area contributed by atoms with E-state index in [1.807, 2.05) is 0 Å². The van der Waals surface area contributed by atoms with Crippen molar-refractivity contribution in [1.29, 1.82) is 0 Å². The van der Waals surface area contributed by atoms with Crippen LogP contribution < -0.4 is 10.6 Å². The van der Waals surface area contributed by atoms with Crippen LogP contribution in [0.4, 0.5) is 13.2 Å². The van der Waals surface area contributed by atoms with Crippen LogP contribution in [-0.2, 0) is 11.8 Å². The van der Waals surface area contributed by atoms with Crippen molar-refractivity contribution in [3.8, 4) is 0 Å². The van der Waals surface area contributed by atoms with E-state index in [9.17, 15) is 18.0 Å². The molecule has 6 nitrogen and oxygen atoms in total. The maximum absolute atomic E-state index is 12.6. The normalized spacial score (nSPS) is 24.6. The Hall–Kier alpha value is -1.64. The first kappa shape index (κ1) is 15.7. The molecule has 1 fully saturated rings. The van der Waals surface area contributed by atoms with Crippen molar-refractivity contribution in [2.24, 2.45) is 13.0 Å². The minimum absolute atomic E-state index is 0.0348. The van der Waals surface area contributed by atoms with Crippen molar-refractivity contribution >= 4 is 5.91 Å². The van der Waals surface area contributed by atoms with E-state index >= 15 is 0 Å². The number of piperidine rings is 1. The number of nitrogens with one attached hydrogen (secondary N) is 2. The molecule has 0 spiro atoms. The number of aryl methyl sites for hydroxylation is 1. The van der Waals surface area contributed by atoms with Crippen LogP contribution in [0, 0.1) is 5.92 Å². The van der Waals surface area contributed by atoms with Gasteiger partial charge in [-0.25, -0.2) is 0 Å². The molecule has 1 amide bonds. The zero-order valence-corrected chi connectivity index (χ0v) is 11.8. The van der Waals surface area contributed by atoms with Gasteiger partial charge in [0, 0.05) is 13.6 Å². The Bertz CT molecular complexity index is 493. The van der Waals surface area contributed by atoms with E-state index in [-0.39, 0.29) is 31.3 Å². The lowest BCUT2D eigenvalue weighted by Gasteiger charge is -2.30. The van der Waals surface area contributed by atoms with Crippen molar-refractivity contribution in [3.63, 3.8) is 0 Å². The fraction of sp³-hybridized carbons (Fsp3) is 0.750. The van der Waals surface area contributed by atoms with Crippen molar-refractivity contribution in [3.05, 3.63) is 12.2 Å². The third-order valence-electron chi connectivity index (χ3n) is 3.69. The van der Waals surface area contributed by atoms with Gasteiger partial charge in [-0.15, -0.1) is 10.2 Å². The average molecular weight is 305 g/mol. The fourth-order valence-electron chi connectivity index (χ4n) is 2.42. The second kappa shape index (κ2) is 6.00. The molecule has 2 rings (SSSR count). The number of nitrogens with zero attached hydrogens (tertiary/aromatic N) is 3. The summed E-state index contributed by atoms with van der Waals surface area (Å²) in [6.45, 7) is 1.53. The molecule has 1 aliphatic rings. The summed E-state index contributed by atoms with van der Waals surface area (Å²) in [6.07, 6.45) is -2.56. The van der Waals surface area contributed by atoms with Crippen LogP contribution >= 0.6 is 0 Å². The number of amides is 1. The van der Waals surface area contributed by atoms with Crippen molar-refractivity contribution < 1.29 is 18.0 Å². The van der Waals surface area contributed by atoms with Crippen LogP contribution in [0.5, 0.6) is 0 Å². The molecule has 3 unspecified atom stereocenters. The highest BCUT2D eigenvalue weighted by Crippen LogP contribution is 2.32. The Morgan fingerprint density at radius 1 is 1.52 bits per heavy atom. The molecule has 2 N–H and O–H groups in total. The summed E-state index contributed by atoms with van der Waals surface area (Å²) >= 11 is 0. The molecule has 0 saturated carbocycles. The summed E-state index contributed by atoms with van der Waals surface area (Å²) in [7, 11) is 1.75. The van der Waals surface area contributed by atoms with Gasteiger partial charge in [-0.2, -0.15) is 13.2 Å². The lowest BCUT2D eigenvalue weighted by molar-refractivity contribution is -0.180. The summed E-state index contributed by atoms with van der Waals surface area (Å²) in [4.78, 5) is 12.1. The Kier molecular flexibility index (Phi) is 4.50. The number of aromatic nitrogens is 3. The van der Waals surface area contributed by atoms with Crippen LogP contribution in [0.15, 0.2) is 6.33 Å². The zero-order valence-electron chi connectivity index (χ0n) is 11.8. The first-order chi connectivity index (χ1) is 9.79. The molecule has 1 saturated heterocycles. The first-order valence-electron chi connectivity index (χ1n) is 6.73. The molecule has 1 aromatic heterocycles. The van der Waals surface area contributed by atoms with Crippen LogP contribution in [-0.4, -0.2) is 39.4 Å². The molecule has 9 heteroatoms. The highest BCUT2D eigenvalue weighted by molar-refractivity contribution is 5.82. The molecule has 3 atom stereocenters. The zero-order chi connectivity index (χ0) is 15.6. The predicted octanol–water partition coefficient (Wildman–Crippen LogP) is 0.923. The first-order valence-corrected chi connectivity index (χ1v) is 6.73. The van der Waals surface area contributed by atoms with Gasteiger partial charge in [0.1, 0.15) is 6.33 Å². The smallest absolute Gasteiger partial charge is 0.345 e. The summed E-state index contributed by atoms with van der Waals surface area (Å²) in [5, 5.41) is 13.0. The van der Waals surface area contributed by atoms with E-state index in [0.29, 0.717) is 5.82 Å².